The lowest BCUT2D eigenvalue weighted by molar-refractivity contribution is -0.105. The zero-order chi connectivity index (χ0) is 22.6. The Morgan fingerprint density at radius 3 is 2.76 bits per heavy atom. The molecule has 0 unspecified atom stereocenters. The molecule has 0 aliphatic carbocycles. The Kier molecular flexibility index (Phi) is 6.10. The molecular formula is C25H22N5O2S. The fourth-order valence-electron chi connectivity index (χ4n) is 3.70. The van der Waals surface area contributed by atoms with Crippen LogP contribution < -0.4 is 10.1 Å². The minimum Gasteiger partial charge on any atom is -0.481 e. The number of carbonyl (C=O) groups is 1. The smallest absolute Gasteiger partial charge is 0.222 e. The van der Waals surface area contributed by atoms with Crippen LogP contribution in [0.5, 0.6) is 5.88 Å². The minimum absolute atomic E-state index is 0.00691. The van der Waals surface area contributed by atoms with Gasteiger partial charge in [0.25, 0.3) is 0 Å². The number of carbonyl (C=O) groups excluding carboxylic acids is 1. The van der Waals surface area contributed by atoms with E-state index in [1.165, 1.54) is 11.8 Å². The summed E-state index contributed by atoms with van der Waals surface area (Å²) in [5.41, 5.74) is 6.10. The third-order valence-electron chi connectivity index (χ3n) is 5.38. The number of pyridine rings is 3. The molecule has 0 saturated carbocycles. The van der Waals surface area contributed by atoms with Crippen LogP contribution in [0.4, 0.5) is 5.82 Å². The Labute approximate surface area is 195 Å². The third kappa shape index (κ3) is 4.76. The number of nitrogens with one attached hydrogen (secondary N) is 1. The van der Waals surface area contributed by atoms with Crippen molar-refractivity contribution in [1.82, 2.24) is 20.3 Å². The predicted molar refractivity (Wildman–Crippen MR) is 132 cm³/mol. The van der Waals surface area contributed by atoms with Crippen molar-refractivity contribution in [2.75, 3.05) is 13.7 Å². The Morgan fingerprint density at radius 2 is 1.91 bits per heavy atom. The van der Waals surface area contributed by atoms with E-state index in [9.17, 15) is 4.79 Å². The maximum atomic E-state index is 11.5. The van der Waals surface area contributed by atoms with Crippen LogP contribution in [-0.4, -0.2) is 39.9 Å². The summed E-state index contributed by atoms with van der Waals surface area (Å²) in [6, 6.07) is 16.3. The highest BCUT2D eigenvalue weighted by Crippen LogP contribution is 2.31. The average Bonchev–Trinajstić information content (AvgIpc) is 2.86. The van der Waals surface area contributed by atoms with E-state index in [1.54, 1.807) is 13.3 Å². The molecule has 0 spiro atoms. The summed E-state index contributed by atoms with van der Waals surface area (Å²) in [6.07, 6.45) is 5.86. The Balaban J connectivity index is 1.21. The predicted octanol–water partition coefficient (Wildman–Crippen LogP) is 4.10. The molecule has 0 atom stereocenters. The van der Waals surface area contributed by atoms with Gasteiger partial charge in [-0.3, -0.25) is 9.78 Å². The summed E-state index contributed by atoms with van der Waals surface area (Å²) in [4.78, 5) is 29.8. The van der Waals surface area contributed by atoms with Gasteiger partial charge in [-0.2, -0.15) is 0 Å². The van der Waals surface area contributed by atoms with Crippen molar-refractivity contribution in [2.45, 2.75) is 17.9 Å². The molecule has 1 radical (unpaired) electrons. The summed E-state index contributed by atoms with van der Waals surface area (Å²) in [5.74, 6) is 1.21. The second-order valence-corrected chi connectivity index (χ2v) is 8.74. The molecule has 165 valence electrons. The van der Waals surface area contributed by atoms with Gasteiger partial charge >= 0.3 is 0 Å². The van der Waals surface area contributed by atoms with E-state index >= 15 is 0 Å². The van der Waals surface area contributed by atoms with Gasteiger partial charge in [0.05, 0.1) is 18.8 Å². The quantitative estimate of drug-likeness (QED) is 0.322. The first kappa shape index (κ1) is 21.2. The van der Waals surface area contributed by atoms with Gasteiger partial charge in [0, 0.05) is 35.5 Å². The molecule has 0 amide bonds. The topological polar surface area (TPSA) is 89.4 Å². The molecule has 8 heteroatoms. The van der Waals surface area contributed by atoms with Gasteiger partial charge in [-0.15, -0.1) is 11.8 Å². The molecule has 4 heterocycles. The average molecular weight is 457 g/mol. The summed E-state index contributed by atoms with van der Waals surface area (Å²) >= 11 is 0.641. The Bertz CT molecular complexity index is 1360. The van der Waals surface area contributed by atoms with Crippen LogP contribution in [0.2, 0.25) is 0 Å². The van der Waals surface area contributed by atoms with E-state index in [0.717, 1.165) is 45.6 Å². The highest BCUT2D eigenvalue weighted by atomic mass is 32.2. The number of aromatic nitrogens is 3. The van der Waals surface area contributed by atoms with E-state index in [2.05, 4.69) is 49.5 Å². The highest BCUT2D eigenvalue weighted by molar-refractivity contribution is 8.15. The number of benzene rings is 1. The monoisotopic (exact) mass is 456 g/mol. The maximum absolute atomic E-state index is 11.5. The second-order valence-electron chi connectivity index (χ2n) is 7.60. The standard InChI is InChI=1S/C25H22N5O2S/c1-32-22-7-6-20-24(30-22)19(9-11-27-20)18-4-2-16(3-5-18)8-10-26-13-17-12-21-25(28-14-17)29-15-23(31)33-21/h2-7,9,11-12,14-15,26,33H,8,10,13H2,1H3. The van der Waals surface area contributed by atoms with E-state index in [-0.39, 0.29) is 5.12 Å². The van der Waals surface area contributed by atoms with Gasteiger partial charge in [-0.25, -0.2) is 15.0 Å². The van der Waals surface area contributed by atoms with Crippen LogP contribution in [0.15, 0.2) is 70.8 Å². The summed E-state index contributed by atoms with van der Waals surface area (Å²) in [5, 5.41) is 3.45. The number of aliphatic imine (C=N–C) groups is 1. The number of hydrogen-bond acceptors (Lipinski definition) is 7. The van der Waals surface area contributed by atoms with Gasteiger partial charge in [0.1, 0.15) is 5.52 Å². The van der Waals surface area contributed by atoms with Gasteiger partial charge in [-0.1, -0.05) is 24.3 Å². The van der Waals surface area contributed by atoms with Gasteiger partial charge in [0.15, 0.2) is 5.82 Å². The van der Waals surface area contributed by atoms with Crippen LogP contribution in [-0.2, 0) is 17.8 Å². The summed E-state index contributed by atoms with van der Waals surface area (Å²) < 4.78 is 5.28. The number of thiol groups is 1. The van der Waals surface area contributed by atoms with Crippen molar-refractivity contribution < 1.29 is 9.53 Å². The number of methoxy groups -OCH3 is 1. The van der Waals surface area contributed by atoms with Crippen molar-refractivity contribution in [3.63, 3.8) is 0 Å². The Morgan fingerprint density at radius 1 is 1.03 bits per heavy atom. The molecule has 4 aromatic rings. The SMILES string of the molecule is COc1ccc2nccc(-c3ccc(CCNCc4cnc5c(c4)[SH]C(=O)C=N5)cc3)c2n1. The first-order valence-electron chi connectivity index (χ1n) is 10.6. The first-order valence-corrected chi connectivity index (χ1v) is 11.5. The van der Waals surface area contributed by atoms with E-state index in [1.807, 2.05) is 30.5 Å². The molecule has 1 aromatic carbocycles. The lowest BCUT2D eigenvalue weighted by Gasteiger charge is -2.11. The van der Waals surface area contributed by atoms with Gasteiger partial charge < -0.3 is 10.1 Å². The summed E-state index contributed by atoms with van der Waals surface area (Å²) in [6.45, 7) is 1.53. The minimum atomic E-state index is -0.00691. The molecular weight excluding hydrogens is 434 g/mol. The third-order valence-corrected chi connectivity index (χ3v) is 6.29. The van der Waals surface area contributed by atoms with Crippen LogP contribution in [0.1, 0.15) is 11.1 Å². The molecule has 1 N–H and O–H groups in total. The number of ether oxygens (including phenoxy) is 1. The van der Waals surface area contributed by atoms with E-state index in [4.69, 9.17) is 4.74 Å². The molecule has 0 bridgehead atoms. The molecule has 33 heavy (non-hydrogen) atoms. The van der Waals surface area contributed by atoms with Crippen LogP contribution in [0, 0.1) is 0 Å². The normalized spacial score (nSPS) is 12.7. The zero-order valence-electron chi connectivity index (χ0n) is 18.0. The second kappa shape index (κ2) is 9.48. The number of rotatable bonds is 7. The van der Waals surface area contributed by atoms with Crippen LogP contribution in [0.3, 0.4) is 0 Å². The van der Waals surface area contributed by atoms with Crippen molar-refractivity contribution in [2.24, 2.45) is 4.99 Å². The highest BCUT2D eigenvalue weighted by Gasteiger charge is 2.13. The fraction of sp³-hybridized carbons (Fsp3) is 0.160. The zero-order valence-corrected chi connectivity index (χ0v) is 18.9. The van der Waals surface area contributed by atoms with Crippen LogP contribution >= 0.6 is 11.8 Å². The lowest BCUT2D eigenvalue weighted by Crippen LogP contribution is -2.17. The van der Waals surface area contributed by atoms with E-state index in [0.29, 0.717) is 30.0 Å². The Hall–Kier alpha value is -3.62. The van der Waals surface area contributed by atoms with Crippen molar-refractivity contribution in [1.29, 1.82) is 0 Å². The fourth-order valence-corrected chi connectivity index (χ4v) is 4.50. The molecule has 5 rings (SSSR count). The van der Waals surface area contributed by atoms with Crippen LogP contribution in [0.25, 0.3) is 22.2 Å². The maximum Gasteiger partial charge on any atom is 0.222 e. The number of hydrogen-bond donors (Lipinski definition) is 2. The van der Waals surface area contributed by atoms with Crippen molar-refractivity contribution in [3.8, 4) is 17.0 Å². The van der Waals surface area contributed by atoms with E-state index < -0.39 is 0 Å². The molecule has 0 fully saturated rings. The first-order chi connectivity index (χ1) is 16.2. The number of fused-ring (bicyclic) bond motifs is 2. The largest absolute Gasteiger partial charge is 0.481 e. The molecule has 0 saturated heterocycles. The number of nitrogens with zero attached hydrogens (tertiary/aromatic N) is 4. The molecule has 7 nitrogen and oxygen atoms in total. The lowest BCUT2D eigenvalue weighted by atomic mass is 10.0. The van der Waals surface area contributed by atoms with Crippen molar-refractivity contribution in [3.05, 3.63) is 72.1 Å². The molecule has 3 aromatic heterocycles. The molecule has 1 aliphatic heterocycles. The summed E-state index contributed by atoms with van der Waals surface area (Å²) in [7, 11) is 1.62. The van der Waals surface area contributed by atoms with Crippen molar-refractivity contribution >= 4 is 39.9 Å². The van der Waals surface area contributed by atoms with Gasteiger partial charge in [-0.05, 0) is 47.9 Å². The molecule has 1 aliphatic rings. The van der Waals surface area contributed by atoms with Gasteiger partial charge in [0.2, 0.25) is 11.0 Å².